The number of halogens is 1. The van der Waals surface area contributed by atoms with Gasteiger partial charge in [0.1, 0.15) is 11.8 Å². The lowest BCUT2D eigenvalue weighted by atomic mass is 10.2. The molecule has 0 spiro atoms. The number of nitrogens with one attached hydrogen (secondary N) is 1. The zero-order valence-corrected chi connectivity index (χ0v) is 18.8. The van der Waals surface area contributed by atoms with Crippen molar-refractivity contribution in [1.29, 1.82) is 0 Å². The van der Waals surface area contributed by atoms with Crippen molar-refractivity contribution in [2.75, 3.05) is 19.0 Å². The van der Waals surface area contributed by atoms with Gasteiger partial charge in [-0.2, -0.15) is 4.31 Å². The Morgan fingerprint density at radius 3 is 2.74 bits per heavy atom. The van der Waals surface area contributed by atoms with Crippen LogP contribution in [-0.2, 0) is 21.2 Å². The second-order valence-corrected chi connectivity index (χ2v) is 10.5. The van der Waals surface area contributed by atoms with Crippen molar-refractivity contribution in [1.82, 2.24) is 14.5 Å². The van der Waals surface area contributed by atoms with Gasteiger partial charge in [0.15, 0.2) is 0 Å². The molecule has 9 nitrogen and oxygen atoms in total. The normalized spacial score (nSPS) is 17.0. The smallest absolute Gasteiger partial charge is 0.322 e. The Labute approximate surface area is 188 Å². The highest BCUT2D eigenvalue weighted by atomic mass is 35.5. The van der Waals surface area contributed by atoms with Crippen LogP contribution in [0.3, 0.4) is 0 Å². The number of rotatable bonds is 7. The lowest BCUT2D eigenvalue weighted by Gasteiger charge is -2.22. The highest BCUT2D eigenvalue weighted by Gasteiger charge is 2.39. The summed E-state index contributed by atoms with van der Waals surface area (Å²) in [4.78, 5) is 13.8. The summed E-state index contributed by atoms with van der Waals surface area (Å²) in [5.41, 5.74) is 0. The van der Waals surface area contributed by atoms with Crippen molar-refractivity contribution in [3.8, 4) is 5.75 Å². The number of carbonyl (C=O) groups is 1. The molecule has 1 aliphatic heterocycles. The maximum Gasteiger partial charge on any atom is 0.322 e. The summed E-state index contributed by atoms with van der Waals surface area (Å²) in [5, 5.41) is 10.3. The molecule has 3 aromatic rings. The first-order valence-corrected chi connectivity index (χ1v) is 12.0. The number of methoxy groups -OCH3 is 1. The predicted octanol–water partition coefficient (Wildman–Crippen LogP) is 3.18. The number of sulfonamides is 1. The maximum atomic E-state index is 13.1. The number of amides is 1. The van der Waals surface area contributed by atoms with Gasteiger partial charge in [0.25, 0.3) is 0 Å². The molecule has 1 aliphatic rings. The molecule has 12 heteroatoms. The lowest BCUT2D eigenvalue weighted by Crippen LogP contribution is -2.43. The Kier molecular flexibility index (Phi) is 6.28. The second kappa shape index (κ2) is 8.95. The second-order valence-electron chi connectivity index (χ2n) is 6.82. The van der Waals surface area contributed by atoms with Gasteiger partial charge < -0.3 is 9.15 Å². The zero-order valence-electron chi connectivity index (χ0n) is 16.4. The van der Waals surface area contributed by atoms with Crippen LogP contribution < -0.4 is 10.1 Å². The molecule has 0 aliphatic carbocycles. The monoisotopic (exact) mass is 482 g/mol. The molecule has 0 bridgehead atoms. The van der Waals surface area contributed by atoms with Crippen molar-refractivity contribution in [2.24, 2.45) is 0 Å². The topological polar surface area (TPSA) is 115 Å². The number of ether oxygens (including phenoxy) is 1. The number of hydrogen-bond donors (Lipinski definition) is 1. The van der Waals surface area contributed by atoms with Crippen LogP contribution in [0.1, 0.15) is 23.6 Å². The van der Waals surface area contributed by atoms with E-state index in [1.807, 2.05) is 6.07 Å². The molecule has 1 amide bonds. The lowest BCUT2D eigenvalue weighted by molar-refractivity contribution is -0.119. The molecule has 2 aromatic heterocycles. The van der Waals surface area contributed by atoms with Crippen LogP contribution in [0.5, 0.6) is 5.75 Å². The van der Waals surface area contributed by atoms with E-state index in [9.17, 15) is 13.2 Å². The number of nitrogens with zero attached hydrogens (tertiary/aromatic N) is 3. The molecule has 1 saturated heterocycles. The van der Waals surface area contributed by atoms with E-state index in [0.717, 1.165) is 4.88 Å². The Bertz CT molecular complexity index is 1180. The molecule has 1 atom stereocenters. The molecule has 1 N–H and O–H groups in total. The highest BCUT2D eigenvalue weighted by molar-refractivity contribution is 7.89. The van der Waals surface area contributed by atoms with Gasteiger partial charge in [-0.3, -0.25) is 10.1 Å². The molecule has 0 saturated carbocycles. The summed E-state index contributed by atoms with van der Waals surface area (Å²) in [7, 11) is -2.34. The van der Waals surface area contributed by atoms with E-state index < -0.39 is 22.0 Å². The van der Waals surface area contributed by atoms with Gasteiger partial charge in [0, 0.05) is 11.4 Å². The Morgan fingerprint density at radius 1 is 1.29 bits per heavy atom. The van der Waals surface area contributed by atoms with Crippen LogP contribution in [0.15, 0.2) is 45.7 Å². The number of hydrogen-bond acceptors (Lipinski definition) is 8. The maximum absolute atomic E-state index is 13.1. The highest BCUT2D eigenvalue weighted by Crippen LogP contribution is 2.28. The van der Waals surface area contributed by atoms with Gasteiger partial charge >= 0.3 is 6.01 Å². The molecule has 164 valence electrons. The van der Waals surface area contributed by atoms with Crippen LogP contribution in [0.2, 0.25) is 4.34 Å². The largest absolute Gasteiger partial charge is 0.497 e. The van der Waals surface area contributed by atoms with Crippen LogP contribution >= 0.6 is 22.9 Å². The molecular weight excluding hydrogens is 464 g/mol. The summed E-state index contributed by atoms with van der Waals surface area (Å²) in [6.45, 7) is 0.251. The predicted molar refractivity (Wildman–Crippen MR) is 115 cm³/mol. The van der Waals surface area contributed by atoms with Crippen molar-refractivity contribution in [2.45, 2.75) is 30.2 Å². The van der Waals surface area contributed by atoms with Gasteiger partial charge in [-0.15, -0.1) is 16.4 Å². The minimum atomic E-state index is -3.84. The minimum Gasteiger partial charge on any atom is -0.497 e. The standard InChI is InChI=1S/C19H19ClN4O5S2/c1-28-12-4-7-14(8-5-12)31(26,27)24-10-2-3-15(24)18(25)21-19-23-22-17(29-19)11-13-6-9-16(20)30-13/h4-9,15H,2-3,10-11H2,1H3,(H,21,23,25). The van der Waals surface area contributed by atoms with Gasteiger partial charge in [-0.25, -0.2) is 8.42 Å². The van der Waals surface area contributed by atoms with Gasteiger partial charge in [0.05, 0.1) is 22.8 Å². The van der Waals surface area contributed by atoms with Gasteiger partial charge in [0.2, 0.25) is 21.8 Å². The van der Waals surface area contributed by atoms with E-state index in [0.29, 0.717) is 35.2 Å². The van der Waals surface area contributed by atoms with E-state index >= 15 is 0 Å². The molecule has 31 heavy (non-hydrogen) atoms. The van der Waals surface area contributed by atoms with Crippen molar-refractivity contribution < 1.29 is 22.4 Å². The van der Waals surface area contributed by atoms with Gasteiger partial charge in [-0.05, 0) is 49.2 Å². The fourth-order valence-electron chi connectivity index (χ4n) is 3.33. The van der Waals surface area contributed by atoms with Crippen LogP contribution in [-0.4, -0.2) is 48.5 Å². The Hall–Kier alpha value is -2.47. The third-order valence-electron chi connectivity index (χ3n) is 4.82. The fourth-order valence-corrected chi connectivity index (χ4v) is 6.07. The summed E-state index contributed by atoms with van der Waals surface area (Å²) in [6.07, 6.45) is 1.36. The first kappa shape index (κ1) is 21.8. The average Bonchev–Trinajstić information content (AvgIpc) is 3.50. The molecular formula is C19H19ClN4O5S2. The first-order valence-electron chi connectivity index (χ1n) is 9.40. The van der Waals surface area contributed by atoms with Crippen LogP contribution in [0, 0.1) is 0 Å². The molecule has 0 radical (unpaired) electrons. The third-order valence-corrected chi connectivity index (χ3v) is 7.98. The van der Waals surface area contributed by atoms with Crippen LogP contribution in [0.4, 0.5) is 6.01 Å². The molecule has 3 heterocycles. The fraction of sp³-hybridized carbons (Fsp3) is 0.316. The first-order chi connectivity index (χ1) is 14.9. The number of thiophene rings is 1. The number of benzene rings is 1. The summed E-state index contributed by atoms with van der Waals surface area (Å²) in [5.74, 6) is 0.360. The van der Waals surface area contributed by atoms with Crippen molar-refractivity contribution in [3.63, 3.8) is 0 Å². The SMILES string of the molecule is COc1ccc(S(=O)(=O)N2CCCC2C(=O)Nc2nnc(Cc3ccc(Cl)s3)o2)cc1. The summed E-state index contributed by atoms with van der Waals surface area (Å²) < 4.78 is 38.5. The molecule has 4 rings (SSSR count). The number of carbonyl (C=O) groups excluding carboxylic acids is 1. The zero-order chi connectivity index (χ0) is 22.0. The molecule has 1 fully saturated rings. The Morgan fingerprint density at radius 2 is 2.06 bits per heavy atom. The quantitative estimate of drug-likeness (QED) is 0.550. The molecule has 1 aromatic carbocycles. The van der Waals surface area contributed by atoms with E-state index in [1.165, 1.54) is 34.9 Å². The van der Waals surface area contributed by atoms with E-state index in [1.54, 1.807) is 18.2 Å². The minimum absolute atomic E-state index is 0.0728. The average molecular weight is 483 g/mol. The van der Waals surface area contributed by atoms with Crippen molar-refractivity contribution in [3.05, 3.63) is 51.5 Å². The Balaban J connectivity index is 1.45. The van der Waals surface area contributed by atoms with E-state index in [4.69, 9.17) is 20.8 Å². The van der Waals surface area contributed by atoms with E-state index in [2.05, 4.69) is 15.5 Å². The van der Waals surface area contributed by atoms with Crippen LogP contribution in [0.25, 0.3) is 0 Å². The van der Waals surface area contributed by atoms with Gasteiger partial charge in [-0.1, -0.05) is 16.7 Å². The van der Waals surface area contributed by atoms with Crippen molar-refractivity contribution >= 4 is 44.9 Å². The van der Waals surface area contributed by atoms with E-state index in [-0.39, 0.29) is 17.5 Å². The molecule has 1 unspecified atom stereocenters. The number of aromatic nitrogens is 2. The summed E-state index contributed by atoms with van der Waals surface area (Å²) >= 11 is 7.32. The third kappa shape index (κ3) is 4.74. The number of anilines is 1. The summed E-state index contributed by atoms with van der Waals surface area (Å²) in [6, 6.07) is 8.76.